The van der Waals surface area contributed by atoms with E-state index in [1.807, 2.05) is 0 Å². The molecule has 0 aromatic heterocycles. The van der Waals surface area contributed by atoms with Crippen molar-refractivity contribution in [1.82, 2.24) is 10.2 Å². The number of likely N-dealkylation sites (tertiary alicyclic amines) is 1. The van der Waals surface area contributed by atoms with Gasteiger partial charge in [0.2, 0.25) is 5.91 Å². The van der Waals surface area contributed by atoms with E-state index in [-0.39, 0.29) is 17.6 Å². The Morgan fingerprint density at radius 3 is 2.80 bits per heavy atom. The lowest BCUT2D eigenvalue weighted by Crippen LogP contribution is -2.39. The fourth-order valence-corrected chi connectivity index (χ4v) is 1.98. The van der Waals surface area contributed by atoms with Gasteiger partial charge in [0, 0.05) is 32.5 Å². The number of ketones is 1. The van der Waals surface area contributed by atoms with E-state index < -0.39 is 0 Å². The first kappa shape index (κ1) is 12.2. The lowest BCUT2D eigenvalue weighted by atomic mass is 9.94. The number of amides is 1. The third-order valence-corrected chi connectivity index (χ3v) is 3.01. The van der Waals surface area contributed by atoms with Crippen LogP contribution in [0.4, 0.5) is 0 Å². The highest BCUT2D eigenvalue weighted by molar-refractivity contribution is 5.78. The van der Waals surface area contributed by atoms with Gasteiger partial charge >= 0.3 is 0 Å². The standard InChI is InChI=1S/C11H20N2O2/c1-9(14)10-4-3-6-13(8-10)7-5-11(15)12-2/h10H,3-8H2,1-2H3,(H,12,15). The SMILES string of the molecule is CNC(=O)CCN1CCCC(C(C)=O)C1. The van der Waals surface area contributed by atoms with Gasteiger partial charge in [-0.25, -0.2) is 0 Å². The first-order chi connectivity index (χ1) is 7.13. The Morgan fingerprint density at radius 2 is 2.20 bits per heavy atom. The van der Waals surface area contributed by atoms with Gasteiger partial charge in [0.1, 0.15) is 5.78 Å². The van der Waals surface area contributed by atoms with Crippen molar-refractivity contribution in [1.29, 1.82) is 0 Å². The molecular formula is C11H20N2O2. The van der Waals surface area contributed by atoms with Crippen LogP contribution in [0.25, 0.3) is 0 Å². The zero-order valence-electron chi connectivity index (χ0n) is 9.58. The highest BCUT2D eigenvalue weighted by Gasteiger charge is 2.22. The molecular weight excluding hydrogens is 192 g/mol. The quantitative estimate of drug-likeness (QED) is 0.735. The number of nitrogens with zero attached hydrogens (tertiary/aromatic N) is 1. The van der Waals surface area contributed by atoms with Crippen molar-refractivity contribution in [2.75, 3.05) is 26.7 Å². The van der Waals surface area contributed by atoms with E-state index in [9.17, 15) is 9.59 Å². The average molecular weight is 212 g/mol. The van der Waals surface area contributed by atoms with Gasteiger partial charge in [-0.1, -0.05) is 0 Å². The normalized spacial score (nSPS) is 22.4. The van der Waals surface area contributed by atoms with Crippen LogP contribution in [-0.4, -0.2) is 43.3 Å². The highest BCUT2D eigenvalue weighted by atomic mass is 16.1. The van der Waals surface area contributed by atoms with Crippen molar-refractivity contribution in [2.24, 2.45) is 5.92 Å². The van der Waals surface area contributed by atoms with Crippen molar-refractivity contribution in [3.05, 3.63) is 0 Å². The monoisotopic (exact) mass is 212 g/mol. The van der Waals surface area contributed by atoms with Crippen LogP contribution in [-0.2, 0) is 9.59 Å². The molecule has 1 fully saturated rings. The van der Waals surface area contributed by atoms with Crippen molar-refractivity contribution < 1.29 is 9.59 Å². The molecule has 1 unspecified atom stereocenters. The molecule has 1 N–H and O–H groups in total. The molecule has 15 heavy (non-hydrogen) atoms. The summed E-state index contributed by atoms with van der Waals surface area (Å²) in [5.41, 5.74) is 0. The molecule has 4 heteroatoms. The number of carbonyl (C=O) groups excluding carboxylic acids is 2. The summed E-state index contributed by atoms with van der Waals surface area (Å²) >= 11 is 0. The lowest BCUT2D eigenvalue weighted by Gasteiger charge is -2.31. The number of rotatable bonds is 4. The summed E-state index contributed by atoms with van der Waals surface area (Å²) in [5, 5.41) is 2.61. The second-order valence-corrected chi connectivity index (χ2v) is 4.17. The highest BCUT2D eigenvalue weighted by Crippen LogP contribution is 2.17. The van der Waals surface area contributed by atoms with Crippen LogP contribution in [0, 0.1) is 5.92 Å². The minimum atomic E-state index is 0.0694. The number of nitrogens with one attached hydrogen (secondary N) is 1. The van der Waals surface area contributed by atoms with Crippen molar-refractivity contribution in [3.63, 3.8) is 0 Å². The summed E-state index contributed by atoms with van der Waals surface area (Å²) in [5.74, 6) is 0.531. The Hall–Kier alpha value is -0.900. The fraction of sp³-hybridized carbons (Fsp3) is 0.818. The second-order valence-electron chi connectivity index (χ2n) is 4.17. The Kier molecular flexibility index (Phi) is 4.75. The fourth-order valence-electron chi connectivity index (χ4n) is 1.98. The summed E-state index contributed by atoms with van der Waals surface area (Å²) in [6.45, 7) is 4.27. The van der Waals surface area contributed by atoms with Gasteiger partial charge in [0.15, 0.2) is 0 Å². The molecule has 1 amide bonds. The van der Waals surface area contributed by atoms with E-state index in [2.05, 4.69) is 10.2 Å². The molecule has 0 radical (unpaired) electrons. The third kappa shape index (κ3) is 4.00. The summed E-state index contributed by atoms with van der Waals surface area (Å²) < 4.78 is 0. The maximum atomic E-state index is 11.2. The molecule has 0 aliphatic carbocycles. The number of Topliss-reactive ketones (excluding diaryl/α,β-unsaturated/α-hetero) is 1. The van der Waals surface area contributed by atoms with E-state index in [1.54, 1.807) is 14.0 Å². The zero-order chi connectivity index (χ0) is 11.3. The number of piperidine rings is 1. The summed E-state index contributed by atoms with van der Waals surface area (Å²) in [4.78, 5) is 24.5. The Labute approximate surface area is 91.0 Å². The number of hydrogen-bond donors (Lipinski definition) is 1. The van der Waals surface area contributed by atoms with Crippen LogP contribution < -0.4 is 5.32 Å². The molecule has 86 valence electrons. The minimum absolute atomic E-state index is 0.0694. The van der Waals surface area contributed by atoms with Gasteiger partial charge in [-0.3, -0.25) is 9.59 Å². The molecule has 0 aromatic rings. The summed E-state index contributed by atoms with van der Waals surface area (Å²) in [7, 11) is 1.65. The van der Waals surface area contributed by atoms with Gasteiger partial charge < -0.3 is 10.2 Å². The van der Waals surface area contributed by atoms with Gasteiger partial charge in [-0.05, 0) is 26.3 Å². The molecule has 1 atom stereocenters. The molecule has 4 nitrogen and oxygen atoms in total. The van der Waals surface area contributed by atoms with Crippen molar-refractivity contribution in [2.45, 2.75) is 26.2 Å². The molecule has 1 aliphatic heterocycles. The van der Waals surface area contributed by atoms with Gasteiger partial charge in [-0.2, -0.15) is 0 Å². The topological polar surface area (TPSA) is 49.4 Å². The summed E-state index contributed by atoms with van der Waals surface area (Å²) in [6.07, 6.45) is 2.60. The van der Waals surface area contributed by atoms with Crippen LogP contribution in [0.15, 0.2) is 0 Å². The molecule has 1 saturated heterocycles. The van der Waals surface area contributed by atoms with Crippen LogP contribution in [0.5, 0.6) is 0 Å². The molecule has 0 aromatic carbocycles. The van der Waals surface area contributed by atoms with Crippen LogP contribution in [0.3, 0.4) is 0 Å². The second kappa shape index (κ2) is 5.85. The van der Waals surface area contributed by atoms with Gasteiger partial charge in [0.25, 0.3) is 0 Å². The number of carbonyl (C=O) groups is 2. The predicted molar refractivity (Wildman–Crippen MR) is 58.5 cm³/mol. The van der Waals surface area contributed by atoms with E-state index in [4.69, 9.17) is 0 Å². The average Bonchev–Trinajstić information content (AvgIpc) is 2.26. The predicted octanol–water partition coefficient (Wildman–Crippen LogP) is 0.424. The molecule has 1 heterocycles. The van der Waals surface area contributed by atoms with Gasteiger partial charge in [0.05, 0.1) is 0 Å². The summed E-state index contributed by atoms with van der Waals surface area (Å²) in [6, 6.07) is 0. The van der Waals surface area contributed by atoms with Crippen molar-refractivity contribution in [3.8, 4) is 0 Å². The van der Waals surface area contributed by atoms with E-state index in [1.165, 1.54) is 0 Å². The Bertz CT molecular complexity index is 241. The van der Waals surface area contributed by atoms with Crippen LogP contribution in [0.1, 0.15) is 26.2 Å². The van der Waals surface area contributed by atoms with Crippen LogP contribution >= 0.6 is 0 Å². The Balaban J connectivity index is 2.30. The molecule has 1 aliphatic rings. The van der Waals surface area contributed by atoms with E-state index in [0.717, 1.165) is 32.5 Å². The van der Waals surface area contributed by atoms with E-state index >= 15 is 0 Å². The molecule has 0 spiro atoms. The largest absolute Gasteiger partial charge is 0.359 e. The van der Waals surface area contributed by atoms with Crippen molar-refractivity contribution >= 4 is 11.7 Å². The van der Waals surface area contributed by atoms with Crippen LogP contribution in [0.2, 0.25) is 0 Å². The molecule has 0 bridgehead atoms. The first-order valence-electron chi connectivity index (χ1n) is 5.57. The maximum Gasteiger partial charge on any atom is 0.221 e. The maximum absolute atomic E-state index is 11.2. The van der Waals surface area contributed by atoms with E-state index in [0.29, 0.717) is 6.42 Å². The zero-order valence-corrected chi connectivity index (χ0v) is 9.58. The molecule has 0 saturated carbocycles. The minimum Gasteiger partial charge on any atom is -0.359 e. The van der Waals surface area contributed by atoms with Gasteiger partial charge in [-0.15, -0.1) is 0 Å². The smallest absolute Gasteiger partial charge is 0.221 e. The number of hydrogen-bond acceptors (Lipinski definition) is 3. The first-order valence-corrected chi connectivity index (χ1v) is 5.57. The lowest BCUT2D eigenvalue weighted by molar-refractivity contribution is -0.122. The Morgan fingerprint density at radius 1 is 1.47 bits per heavy atom. The third-order valence-electron chi connectivity index (χ3n) is 3.01. The molecule has 1 rings (SSSR count).